The lowest BCUT2D eigenvalue weighted by Gasteiger charge is -2.29. The highest BCUT2D eigenvalue weighted by atomic mass is 32.1. The Hall–Kier alpha value is -1.88. The lowest BCUT2D eigenvalue weighted by molar-refractivity contribution is 0.0692. The Balaban J connectivity index is 1.88. The van der Waals surface area contributed by atoms with Crippen LogP contribution in [0, 0.1) is 5.82 Å². The lowest BCUT2D eigenvalue weighted by atomic mass is 10.1. The quantitative estimate of drug-likeness (QED) is 0.916. The van der Waals surface area contributed by atoms with Gasteiger partial charge in [-0.05, 0) is 41.6 Å². The smallest absolute Gasteiger partial charge is 0.338 e. The molecule has 2 aromatic rings. The number of carbonyl (C=O) groups is 1. The van der Waals surface area contributed by atoms with Gasteiger partial charge in [-0.15, -0.1) is 11.3 Å². The minimum atomic E-state index is -1.23. The van der Waals surface area contributed by atoms with E-state index in [4.69, 9.17) is 5.11 Å². The third kappa shape index (κ3) is 2.21. The van der Waals surface area contributed by atoms with Gasteiger partial charge < -0.3 is 10.0 Å². The number of anilines is 1. The van der Waals surface area contributed by atoms with Gasteiger partial charge in [0.1, 0.15) is 5.82 Å². The predicted octanol–water partition coefficient (Wildman–Crippen LogP) is 3.15. The molecule has 0 saturated carbocycles. The van der Waals surface area contributed by atoms with E-state index in [-0.39, 0.29) is 5.56 Å². The van der Waals surface area contributed by atoms with Gasteiger partial charge in [-0.3, -0.25) is 0 Å². The minimum Gasteiger partial charge on any atom is -0.478 e. The van der Waals surface area contributed by atoms with Gasteiger partial charge >= 0.3 is 5.97 Å². The maximum atomic E-state index is 13.7. The van der Waals surface area contributed by atoms with Gasteiger partial charge in [0.15, 0.2) is 0 Å². The molecule has 1 aromatic carbocycles. The Bertz CT molecular complexity index is 638. The van der Waals surface area contributed by atoms with Crippen molar-refractivity contribution in [1.82, 2.24) is 0 Å². The molecule has 0 saturated heterocycles. The summed E-state index contributed by atoms with van der Waals surface area (Å²) in [7, 11) is 0. The number of rotatable bonds is 2. The van der Waals surface area contributed by atoms with Crippen LogP contribution < -0.4 is 4.90 Å². The van der Waals surface area contributed by atoms with Crippen molar-refractivity contribution in [2.24, 2.45) is 0 Å². The molecule has 0 atom stereocenters. The van der Waals surface area contributed by atoms with Crippen LogP contribution in [0.1, 0.15) is 20.8 Å². The van der Waals surface area contributed by atoms with Crippen LogP contribution in [-0.4, -0.2) is 17.6 Å². The largest absolute Gasteiger partial charge is 0.478 e. The number of hydrogen-bond donors (Lipinski definition) is 1. The number of carboxylic acid groups (broad SMARTS) is 1. The van der Waals surface area contributed by atoms with Crippen molar-refractivity contribution < 1.29 is 14.3 Å². The van der Waals surface area contributed by atoms with Crippen molar-refractivity contribution in [2.75, 3.05) is 11.4 Å². The molecule has 3 rings (SSSR count). The first kappa shape index (κ1) is 12.2. The molecule has 0 unspecified atom stereocenters. The van der Waals surface area contributed by atoms with Crippen LogP contribution in [0.2, 0.25) is 0 Å². The third-order valence-corrected chi connectivity index (χ3v) is 4.38. The molecule has 19 heavy (non-hydrogen) atoms. The third-order valence-electron chi connectivity index (χ3n) is 3.36. The Morgan fingerprint density at radius 3 is 2.95 bits per heavy atom. The summed E-state index contributed by atoms with van der Waals surface area (Å²) in [5, 5.41) is 10.9. The Kier molecular flexibility index (Phi) is 2.98. The highest BCUT2D eigenvalue weighted by Gasteiger charge is 2.19. The normalized spacial score (nSPS) is 14.3. The molecule has 0 radical (unpaired) electrons. The Morgan fingerprint density at radius 2 is 2.21 bits per heavy atom. The van der Waals surface area contributed by atoms with Crippen molar-refractivity contribution in [3.05, 3.63) is 51.5 Å². The minimum absolute atomic E-state index is 0.281. The van der Waals surface area contributed by atoms with Gasteiger partial charge in [0.25, 0.3) is 0 Å². The number of hydrogen-bond acceptors (Lipinski definition) is 3. The van der Waals surface area contributed by atoms with E-state index in [9.17, 15) is 9.18 Å². The molecule has 0 fully saturated rings. The zero-order valence-electron chi connectivity index (χ0n) is 10.1. The van der Waals surface area contributed by atoms with Crippen LogP contribution in [0.15, 0.2) is 29.6 Å². The van der Waals surface area contributed by atoms with Crippen molar-refractivity contribution in [3.63, 3.8) is 0 Å². The summed E-state index contributed by atoms with van der Waals surface area (Å²) in [5.74, 6) is -1.91. The molecule has 1 aliphatic rings. The first-order valence-corrected chi connectivity index (χ1v) is 6.86. The van der Waals surface area contributed by atoms with Crippen LogP contribution in [0.25, 0.3) is 0 Å². The predicted molar refractivity (Wildman–Crippen MR) is 72.4 cm³/mol. The molecule has 0 spiro atoms. The van der Waals surface area contributed by atoms with E-state index >= 15 is 0 Å². The summed E-state index contributed by atoms with van der Waals surface area (Å²) in [6.07, 6.45) is 0.954. The van der Waals surface area contributed by atoms with Crippen LogP contribution in [-0.2, 0) is 13.0 Å². The van der Waals surface area contributed by atoms with Crippen LogP contribution >= 0.6 is 11.3 Å². The number of thiophene rings is 1. The molecule has 1 aliphatic heterocycles. The molecule has 2 heterocycles. The number of fused-ring (bicyclic) bond motifs is 1. The SMILES string of the molecule is O=C(O)c1ccc(N2CCc3sccc3C2)cc1F. The van der Waals surface area contributed by atoms with Crippen LogP contribution in [0.5, 0.6) is 0 Å². The monoisotopic (exact) mass is 277 g/mol. The van der Waals surface area contributed by atoms with E-state index in [2.05, 4.69) is 16.3 Å². The van der Waals surface area contributed by atoms with Gasteiger partial charge in [-0.2, -0.15) is 0 Å². The summed E-state index contributed by atoms with van der Waals surface area (Å²) in [5.41, 5.74) is 1.73. The maximum absolute atomic E-state index is 13.7. The van der Waals surface area contributed by atoms with E-state index in [1.54, 1.807) is 17.4 Å². The molecule has 1 N–H and O–H groups in total. The van der Waals surface area contributed by atoms with E-state index in [0.29, 0.717) is 0 Å². The Morgan fingerprint density at radius 1 is 1.37 bits per heavy atom. The first-order valence-electron chi connectivity index (χ1n) is 5.98. The zero-order chi connectivity index (χ0) is 13.4. The fourth-order valence-corrected chi connectivity index (χ4v) is 3.23. The Labute approximate surface area is 113 Å². The number of benzene rings is 1. The molecular formula is C14H12FNO2S. The van der Waals surface area contributed by atoms with Gasteiger partial charge in [0.05, 0.1) is 5.56 Å². The molecule has 5 heteroatoms. The summed E-state index contributed by atoms with van der Waals surface area (Å²) < 4.78 is 13.7. The van der Waals surface area contributed by atoms with E-state index < -0.39 is 11.8 Å². The van der Waals surface area contributed by atoms with Gasteiger partial charge in [0.2, 0.25) is 0 Å². The lowest BCUT2D eigenvalue weighted by Crippen LogP contribution is -2.29. The molecule has 98 valence electrons. The highest BCUT2D eigenvalue weighted by molar-refractivity contribution is 7.10. The average Bonchev–Trinajstić information content (AvgIpc) is 2.85. The second kappa shape index (κ2) is 4.66. The zero-order valence-corrected chi connectivity index (χ0v) is 10.9. The van der Waals surface area contributed by atoms with Gasteiger partial charge in [-0.1, -0.05) is 0 Å². The highest BCUT2D eigenvalue weighted by Crippen LogP contribution is 2.28. The second-order valence-corrected chi connectivity index (χ2v) is 5.51. The van der Waals surface area contributed by atoms with Gasteiger partial charge in [-0.25, -0.2) is 9.18 Å². The summed E-state index contributed by atoms with van der Waals surface area (Å²) >= 11 is 1.75. The molecular weight excluding hydrogens is 265 g/mol. The van der Waals surface area contributed by atoms with Crippen molar-refractivity contribution in [3.8, 4) is 0 Å². The molecule has 0 aliphatic carbocycles. The van der Waals surface area contributed by atoms with E-state index in [1.807, 2.05) is 0 Å². The van der Waals surface area contributed by atoms with Crippen molar-refractivity contribution >= 4 is 23.0 Å². The molecule has 3 nitrogen and oxygen atoms in total. The fraction of sp³-hybridized carbons (Fsp3) is 0.214. The van der Waals surface area contributed by atoms with Crippen LogP contribution in [0.3, 0.4) is 0 Å². The fourth-order valence-electron chi connectivity index (χ4n) is 2.34. The summed E-state index contributed by atoms with van der Waals surface area (Å²) in [4.78, 5) is 14.2. The number of carboxylic acids is 1. The maximum Gasteiger partial charge on any atom is 0.338 e. The number of nitrogens with zero attached hydrogens (tertiary/aromatic N) is 1. The first-order chi connectivity index (χ1) is 9.15. The second-order valence-electron chi connectivity index (χ2n) is 4.51. The molecule has 0 bridgehead atoms. The van der Waals surface area contributed by atoms with Crippen LogP contribution in [0.4, 0.5) is 10.1 Å². The topological polar surface area (TPSA) is 40.5 Å². The average molecular weight is 277 g/mol. The number of halogens is 1. The van der Waals surface area contributed by atoms with Gasteiger partial charge in [0, 0.05) is 23.7 Å². The molecule has 0 amide bonds. The van der Waals surface area contributed by atoms with Crippen molar-refractivity contribution in [1.29, 1.82) is 0 Å². The van der Waals surface area contributed by atoms with E-state index in [1.165, 1.54) is 22.6 Å². The van der Waals surface area contributed by atoms with E-state index in [0.717, 1.165) is 25.2 Å². The van der Waals surface area contributed by atoms with Crippen molar-refractivity contribution in [2.45, 2.75) is 13.0 Å². The summed E-state index contributed by atoms with van der Waals surface area (Å²) in [6.45, 7) is 1.59. The summed E-state index contributed by atoms with van der Waals surface area (Å²) in [6, 6.07) is 6.40. The standard InChI is InChI=1S/C14H12FNO2S/c15-12-7-10(1-2-11(12)14(17)18)16-5-3-13-9(8-16)4-6-19-13/h1-2,4,6-7H,3,5,8H2,(H,17,18). The molecule has 1 aromatic heterocycles. The number of aromatic carboxylic acids is 1.